The summed E-state index contributed by atoms with van der Waals surface area (Å²) < 4.78 is 16.3. The molecule has 1 fully saturated rings. The maximum absolute atomic E-state index is 12.8. The van der Waals surface area contributed by atoms with Crippen LogP contribution in [0.2, 0.25) is 0 Å². The summed E-state index contributed by atoms with van der Waals surface area (Å²) in [6, 6.07) is 11.3. The Morgan fingerprint density at radius 3 is 2.70 bits per heavy atom. The number of anilines is 1. The fourth-order valence-corrected chi connectivity index (χ4v) is 4.66. The average molecular weight is 522 g/mol. The lowest BCUT2D eigenvalue weighted by molar-refractivity contribution is -0.385. The minimum Gasteiger partial charge on any atom is -0.457 e. The topological polar surface area (TPSA) is 141 Å². The molecule has 2 aromatic carbocycles. The Kier molecular flexibility index (Phi) is 6.17. The van der Waals surface area contributed by atoms with Crippen LogP contribution in [0.4, 0.5) is 16.2 Å². The lowest BCUT2D eigenvalue weighted by Gasteiger charge is -2.12. The highest BCUT2D eigenvalue weighted by molar-refractivity contribution is 8.18. The number of carbonyl (C=O) groups excluding carboxylic acids is 3. The standard InChI is InChI=1S/C25H19N3O8S/c1-13-7-15(8-18(14(13)2)28(32)33)19-6-4-17(36-19)10-22-24(30)27(25(31)37-22)11-23(29)26-16-3-5-20-21(9-16)35-12-34-20/h3-10H,11-12H2,1-2H3,(H,26,29)/b22-10+. The summed E-state index contributed by atoms with van der Waals surface area (Å²) in [5, 5.41) is 13.4. The van der Waals surface area contributed by atoms with Crippen molar-refractivity contribution in [2.75, 3.05) is 18.7 Å². The number of ether oxygens (including phenoxy) is 2. The normalized spacial score (nSPS) is 15.5. The second kappa shape index (κ2) is 9.47. The van der Waals surface area contributed by atoms with Crippen molar-refractivity contribution in [3.63, 3.8) is 0 Å². The van der Waals surface area contributed by atoms with E-state index in [1.165, 1.54) is 12.1 Å². The van der Waals surface area contributed by atoms with Crippen LogP contribution < -0.4 is 14.8 Å². The van der Waals surface area contributed by atoms with Crippen molar-refractivity contribution in [2.24, 2.45) is 0 Å². The van der Waals surface area contributed by atoms with Gasteiger partial charge in [0.15, 0.2) is 11.5 Å². The zero-order valence-electron chi connectivity index (χ0n) is 19.6. The minimum absolute atomic E-state index is 0.0203. The van der Waals surface area contributed by atoms with Crippen molar-refractivity contribution in [3.05, 3.63) is 74.4 Å². The van der Waals surface area contributed by atoms with Crippen LogP contribution in [0.15, 0.2) is 51.8 Å². The number of thioether (sulfide) groups is 1. The van der Waals surface area contributed by atoms with Gasteiger partial charge in [-0.3, -0.25) is 29.4 Å². The molecule has 0 saturated carbocycles. The van der Waals surface area contributed by atoms with Crippen molar-refractivity contribution in [2.45, 2.75) is 13.8 Å². The quantitative estimate of drug-likeness (QED) is 0.273. The van der Waals surface area contributed by atoms with E-state index in [1.54, 1.807) is 50.2 Å². The van der Waals surface area contributed by atoms with Crippen LogP contribution in [-0.2, 0) is 9.59 Å². The number of fused-ring (bicyclic) bond motifs is 1. The number of aryl methyl sites for hydroxylation is 1. The molecule has 0 aliphatic carbocycles. The molecule has 2 aliphatic rings. The molecule has 1 N–H and O–H groups in total. The van der Waals surface area contributed by atoms with E-state index in [1.807, 2.05) is 0 Å². The molecule has 2 aliphatic heterocycles. The third-order valence-electron chi connectivity index (χ3n) is 5.85. The lowest BCUT2D eigenvalue weighted by atomic mass is 10.0. The Balaban J connectivity index is 1.29. The van der Waals surface area contributed by atoms with Crippen LogP contribution in [0, 0.1) is 24.0 Å². The minimum atomic E-state index is -0.629. The predicted octanol–water partition coefficient (Wildman–Crippen LogP) is 4.88. The van der Waals surface area contributed by atoms with Gasteiger partial charge < -0.3 is 19.2 Å². The van der Waals surface area contributed by atoms with Crippen molar-refractivity contribution in [1.29, 1.82) is 0 Å². The van der Waals surface area contributed by atoms with Gasteiger partial charge in [-0.1, -0.05) is 0 Å². The van der Waals surface area contributed by atoms with Gasteiger partial charge in [-0.15, -0.1) is 0 Å². The maximum Gasteiger partial charge on any atom is 0.294 e. The van der Waals surface area contributed by atoms with Gasteiger partial charge in [-0.25, -0.2) is 0 Å². The highest BCUT2D eigenvalue weighted by Crippen LogP contribution is 2.36. The van der Waals surface area contributed by atoms with E-state index in [-0.39, 0.29) is 23.1 Å². The third-order valence-corrected chi connectivity index (χ3v) is 6.76. The second-order valence-corrected chi connectivity index (χ2v) is 9.27. The fourth-order valence-electron chi connectivity index (χ4n) is 3.84. The number of rotatable bonds is 6. The second-order valence-electron chi connectivity index (χ2n) is 8.28. The molecule has 0 radical (unpaired) electrons. The number of nitro groups is 1. The van der Waals surface area contributed by atoms with Gasteiger partial charge in [0, 0.05) is 35.0 Å². The Hall–Kier alpha value is -4.58. The molecule has 1 aromatic heterocycles. The molecule has 3 heterocycles. The molecule has 0 atom stereocenters. The maximum atomic E-state index is 12.8. The van der Waals surface area contributed by atoms with Crippen molar-refractivity contribution in [1.82, 2.24) is 4.90 Å². The molecule has 11 nitrogen and oxygen atoms in total. The summed E-state index contributed by atoms with van der Waals surface area (Å²) in [6.07, 6.45) is 1.40. The first-order valence-corrected chi connectivity index (χ1v) is 11.8. The van der Waals surface area contributed by atoms with Crippen molar-refractivity contribution in [3.8, 4) is 22.8 Å². The number of hydrogen-bond acceptors (Lipinski definition) is 9. The zero-order chi connectivity index (χ0) is 26.3. The largest absolute Gasteiger partial charge is 0.457 e. The summed E-state index contributed by atoms with van der Waals surface area (Å²) in [5.74, 6) is 0.520. The van der Waals surface area contributed by atoms with E-state index in [0.29, 0.717) is 45.8 Å². The zero-order valence-corrected chi connectivity index (χ0v) is 20.4. The SMILES string of the molecule is Cc1cc(-c2ccc(/C=C3/SC(=O)N(CC(=O)Nc4ccc5c(c4)OCO5)C3=O)o2)cc([N+](=O)[O-])c1C. The van der Waals surface area contributed by atoms with Crippen LogP contribution in [0.5, 0.6) is 11.5 Å². The van der Waals surface area contributed by atoms with Gasteiger partial charge in [0.2, 0.25) is 12.7 Å². The molecule has 188 valence electrons. The molecular weight excluding hydrogens is 502 g/mol. The molecule has 5 rings (SSSR count). The predicted molar refractivity (Wildman–Crippen MR) is 134 cm³/mol. The van der Waals surface area contributed by atoms with Gasteiger partial charge in [-0.2, -0.15) is 0 Å². The number of carbonyl (C=O) groups is 3. The van der Waals surface area contributed by atoms with Crippen LogP contribution in [0.25, 0.3) is 17.4 Å². The summed E-state index contributed by atoms with van der Waals surface area (Å²) in [5.41, 5.74) is 2.24. The molecule has 37 heavy (non-hydrogen) atoms. The molecule has 3 aromatic rings. The monoisotopic (exact) mass is 521 g/mol. The third kappa shape index (κ3) is 4.78. The summed E-state index contributed by atoms with van der Waals surface area (Å²) in [6.45, 7) is 3.08. The first-order valence-electron chi connectivity index (χ1n) is 11.0. The Labute approximate surface area is 214 Å². The van der Waals surface area contributed by atoms with E-state index in [4.69, 9.17) is 13.9 Å². The molecule has 12 heteroatoms. The molecule has 1 saturated heterocycles. The van der Waals surface area contributed by atoms with E-state index < -0.39 is 28.5 Å². The Bertz CT molecular complexity index is 1510. The highest BCUT2D eigenvalue weighted by Gasteiger charge is 2.36. The summed E-state index contributed by atoms with van der Waals surface area (Å²) in [4.78, 5) is 49.6. The van der Waals surface area contributed by atoms with Crippen molar-refractivity contribution < 1.29 is 33.2 Å². The van der Waals surface area contributed by atoms with Gasteiger partial charge in [0.05, 0.1) is 9.83 Å². The summed E-state index contributed by atoms with van der Waals surface area (Å²) >= 11 is 0.690. The van der Waals surface area contributed by atoms with Gasteiger partial charge >= 0.3 is 0 Å². The smallest absolute Gasteiger partial charge is 0.294 e. The molecule has 0 bridgehead atoms. The number of nitrogens with one attached hydrogen (secondary N) is 1. The van der Waals surface area contributed by atoms with Crippen LogP contribution in [-0.4, -0.2) is 40.2 Å². The van der Waals surface area contributed by atoms with Crippen LogP contribution in [0.1, 0.15) is 16.9 Å². The number of benzene rings is 2. The Morgan fingerprint density at radius 1 is 1.14 bits per heavy atom. The van der Waals surface area contributed by atoms with Crippen molar-refractivity contribution >= 4 is 46.3 Å². The van der Waals surface area contributed by atoms with Gasteiger partial charge in [-0.05, 0) is 61.5 Å². The highest BCUT2D eigenvalue weighted by atomic mass is 32.2. The summed E-state index contributed by atoms with van der Waals surface area (Å²) in [7, 11) is 0. The van der Waals surface area contributed by atoms with Gasteiger partial charge in [0.25, 0.3) is 16.8 Å². The van der Waals surface area contributed by atoms with E-state index >= 15 is 0 Å². The number of amides is 3. The fraction of sp³-hybridized carbons (Fsp3) is 0.160. The molecule has 0 unspecified atom stereocenters. The van der Waals surface area contributed by atoms with Crippen LogP contribution in [0.3, 0.4) is 0 Å². The lowest BCUT2D eigenvalue weighted by Crippen LogP contribution is -2.36. The van der Waals surface area contributed by atoms with Gasteiger partial charge in [0.1, 0.15) is 18.1 Å². The molecule has 3 amide bonds. The number of nitro benzene ring substituents is 1. The molecule has 0 spiro atoms. The molecular formula is C25H19N3O8S. The first kappa shape index (κ1) is 24.1. The van der Waals surface area contributed by atoms with E-state index in [0.717, 1.165) is 10.5 Å². The van der Waals surface area contributed by atoms with Crippen LogP contribution >= 0.6 is 11.8 Å². The number of hydrogen-bond donors (Lipinski definition) is 1. The van der Waals surface area contributed by atoms with E-state index in [2.05, 4.69) is 5.32 Å². The number of imide groups is 1. The Morgan fingerprint density at radius 2 is 1.92 bits per heavy atom. The number of furan rings is 1. The average Bonchev–Trinajstić information content (AvgIpc) is 3.57. The number of nitrogens with zero attached hydrogens (tertiary/aromatic N) is 2. The first-order chi connectivity index (χ1) is 17.7. The van der Waals surface area contributed by atoms with E-state index in [9.17, 15) is 24.5 Å².